The fraction of sp³-hybridized carbons (Fsp3) is 0.562. The quantitative estimate of drug-likeness (QED) is 0.787. The van der Waals surface area contributed by atoms with Crippen LogP contribution in [0, 0.1) is 6.92 Å². The monoisotopic (exact) mass is 349 g/mol. The number of rotatable bonds is 6. The van der Waals surface area contributed by atoms with Gasteiger partial charge in [0.25, 0.3) is 0 Å². The van der Waals surface area contributed by atoms with E-state index in [-0.39, 0.29) is 11.9 Å². The zero-order valence-electron chi connectivity index (χ0n) is 14.3. The first-order valence-electron chi connectivity index (χ1n) is 7.95. The molecule has 1 atom stereocenters. The van der Waals surface area contributed by atoms with Crippen molar-refractivity contribution in [1.82, 2.24) is 24.3 Å². The standard InChI is InChI=1S/C16H23N5O2S/c1-12-18-13(10-24-12)8-23-9-15-6-20(16(22)7-19(2)3)5-14-4-17-11-21(14)15/h4,10-11,15H,5-9H2,1-3H3/t15-/m1/s1. The van der Waals surface area contributed by atoms with E-state index in [1.54, 1.807) is 11.3 Å². The average molecular weight is 349 g/mol. The summed E-state index contributed by atoms with van der Waals surface area (Å²) in [5.74, 6) is 0.132. The van der Waals surface area contributed by atoms with Gasteiger partial charge >= 0.3 is 0 Å². The lowest BCUT2D eigenvalue weighted by Crippen LogP contribution is -2.45. The Balaban J connectivity index is 1.62. The molecule has 0 saturated heterocycles. The second-order valence-corrected chi connectivity index (χ2v) is 7.39. The molecule has 7 nitrogen and oxygen atoms in total. The number of nitrogens with zero attached hydrogens (tertiary/aromatic N) is 5. The lowest BCUT2D eigenvalue weighted by molar-refractivity contribution is -0.134. The zero-order valence-corrected chi connectivity index (χ0v) is 15.1. The second kappa shape index (κ2) is 7.42. The third-order valence-corrected chi connectivity index (χ3v) is 4.78. The predicted octanol–water partition coefficient (Wildman–Crippen LogP) is 1.31. The maximum Gasteiger partial charge on any atom is 0.237 e. The van der Waals surface area contributed by atoms with E-state index in [1.807, 2.05) is 48.7 Å². The van der Waals surface area contributed by atoms with Gasteiger partial charge in [0, 0.05) is 18.1 Å². The third kappa shape index (κ3) is 4.00. The van der Waals surface area contributed by atoms with Crippen LogP contribution in [0.25, 0.3) is 0 Å². The van der Waals surface area contributed by atoms with E-state index in [9.17, 15) is 4.79 Å². The van der Waals surface area contributed by atoms with E-state index in [2.05, 4.69) is 14.5 Å². The number of hydrogen-bond acceptors (Lipinski definition) is 6. The molecule has 3 heterocycles. The molecule has 24 heavy (non-hydrogen) atoms. The number of hydrogen-bond donors (Lipinski definition) is 0. The largest absolute Gasteiger partial charge is 0.373 e. The van der Waals surface area contributed by atoms with Gasteiger partial charge in [-0.05, 0) is 21.0 Å². The van der Waals surface area contributed by atoms with Crippen LogP contribution >= 0.6 is 11.3 Å². The highest BCUT2D eigenvalue weighted by atomic mass is 32.1. The molecule has 2 aromatic heterocycles. The predicted molar refractivity (Wildman–Crippen MR) is 91.7 cm³/mol. The van der Waals surface area contributed by atoms with Gasteiger partial charge in [-0.2, -0.15) is 0 Å². The summed E-state index contributed by atoms with van der Waals surface area (Å²) in [6.45, 7) is 4.68. The summed E-state index contributed by atoms with van der Waals surface area (Å²) in [5.41, 5.74) is 2.01. The van der Waals surface area contributed by atoms with Gasteiger partial charge < -0.3 is 19.1 Å². The first-order valence-corrected chi connectivity index (χ1v) is 8.83. The van der Waals surface area contributed by atoms with E-state index in [0.717, 1.165) is 16.4 Å². The van der Waals surface area contributed by atoms with Crippen LogP contribution < -0.4 is 0 Å². The van der Waals surface area contributed by atoms with E-state index in [4.69, 9.17) is 4.74 Å². The molecule has 130 valence electrons. The Morgan fingerprint density at radius 3 is 3.04 bits per heavy atom. The Labute approximate surface area is 145 Å². The van der Waals surface area contributed by atoms with Gasteiger partial charge in [0.2, 0.25) is 5.91 Å². The molecule has 0 fully saturated rings. The first-order chi connectivity index (χ1) is 11.5. The van der Waals surface area contributed by atoms with Gasteiger partial charge in [-0.15, -0.1) is 11.3 Å². The normalized spacial score (nSPS) is 17.3. The number of likely N-dealkylation sites (N-methyl/N-ethyl adjacent to an activating group) is 1. The highest BCUT2D eigenvalue weighted by molar-refractivity contribution is 7.09. The number of ether oxygens (including phenoxy) is 1. The van der Waals surface area contributed by atoms with Crippen molar-refractivity contribution in [2.45, 2.75) is 26.1 Å². The number of imidazole rings is 1. The van der Waals surface area contributed by atoms with Gasteiger partial charge in [0.15, 0.2) is 0 Å². The topological polar surface area (TPSA) is 63.5 Å². The highest BCUT2D eigenvalue weighted by Gasteiger charge is 2.28. The second-order valence-electron chi connectivity index (χ2n) is 6.33. The van der Waals surface area contributed by atoms with Crippen LogP contribution in [-0.2, 0) is 22.7 Å². The number of aryl methyl sites for hydroxylation is 1. The van der Waals surface area contributed by atoms with Crippen LogP contribution in [0.2, 0.25) is 0 Å². The minimum Gasteiger partial charge on any atom is -0.373 e. The molecule has 0 unspecified atom stereocenters. The van der Waals surface area contributed by atoms with Crippen LogP contribution in [-0.4, -0.2) is 64.0 Å². The smallest absolute Gasteiger partial charge is 0.237 e. The minimum absolute atomic E-state index is 0.0853. The van der Waals surface area contributed by atoms with Crippen LogP contribution in [0.4, 0.5) is 0 Å². The van der Waals surface area contributed by atoms with Crippen LogP contribution in [0.15, 0.2) is 17.9 Å². The van der Waals surface area contributed by atoms with Gasteiger partial charge in [-0.1, -0.05) is 0 Å². The maximum atomic E-state index is 12.4. The van der Waals surface area contributed by atoms with Gasteiger partial charge in [0.1, 0.15) is 0 Å². The number of aromatic nitrogens is 3. The van der Waals surface area contributed by atoms with Crippen molar-refractivity contribution < 1.29 is 9.53 Å². The lowest BCUT2D eigenvalue weighted by Gasteiger charge is -2.35. The summed E-state index contributed by atoms with van der Waals surface area (Å²) < 4.78 is 7.97. The molecule has 0 aliphatic carbocycles. The lowest BCUT2D eigenvalue weighted by atomic mass is 10.2. The summed E-state index contributed by atoms with van der Waals surface area (Å²) in [6.07, 6.45) is 3.65. The summed E-state index contributed by atoms with van der Waals surface area (Å²) in [4.78, 5) is 24.8. The van der Waals surface area contributed by atoms with Crippen molar-refractivity contribution in [1.29, 1.82) is 0 Å². The minimum atomic E-state index is 0.0853. The van der Waals surface area contributed by atoms with Gasteiger partial charge in [0.05, 0.1) is 55.1 Å². The fourth-order valence-electron chi connectivity index (χ4n) is 2.85. The van der Waals surface area contributed by atoms with Crippen molar-refractivity contribution >= 4 is 17.2 Å². The molecular formula is C16H23N5O2S. The number of thiazole rings is 1. The Hall–Kier alpha value is -1.77. The molecule has 3 rings (SSSR count). The molecule has 1 aliphatic rings. The van der Waals surface area contributed by atoms with Crippen LogP contribution in [0.5, 0.6) is 0 Å². The van der Waals surface area contributed by atoms with E-state index >= 15 is 0 Å². The Bertz CT molecular complexity index is 696. The summed E-state index contributed by atoms with van der Waals surface area (Å²) >= 11 is 1.63. The van der Waals surface area contributed by atoms with E-state index in [0.29, 0.717) is 32.8 Å². The summed E-state index contributed by atoms with van der Waals surface area (Å²) in [7, 11) is 3.81. The molecule has 1 amide bonds. The summed E-state index contributed by atoms with van der Waals surface area (Å²) in [6, 6.07) is 0.0853. The number of amides is 1. The molecule has 1 aliphatic heterocycles. The fourth-order valence-corrected chi connectivity index (χ4v) is 3.45. The molecule has 0 N–H and O–H groups in total. The first kappa shape index (κ1) is 17.1. The number of fused-ring (bicyclic) bond motifs is 1. The Morgan fingerprint density at radius 2 is 2.33 bits per heavy atom. The zero-order chi connectivity index (χ0) is 17.1. The molecule has 0 radical (unpaired) electrons. The molecule has 0 spiro atoms. The molecule has 0 aromatic carbocycles. The van der Waals surface area contributed by atoms with E-state index in [1.165, 1.54) is 0 Å². The van der Waals surface area contributed by atoms with Crippen molar-refractivity contribution in [2.75, 3.05) is 33.8 Å². The number of carbonyl (C=O) groups excluding carboxylic acids is 1. The average Bonchev–Trinajstić information content (AvgIpc) is 3.15. The highest BCUT2D eigenvalue weighted by Crippen LogP contribution is 2.22. The van der Waals surface area contributed by atoms with Gasteiger partial charge in [-0.25, -0.2) is 9.97 Å². The van der Waals surface area contributed by atoms with E-state index < -0.39 is 0 Å². The van der Waals surface area contributed by atoms with Crippen molar-refractivity contribution in [3.05, 3.63) is 34.3 Å². The van der Waals surface area contributed by atoms with Crippen LogP contribution in [0.3, 0.4) is 0 Å². The Morgan fingerprint density at radius 1 is 1.50 bits per heavy atom. The van der Waals surface area contributed by atoms with Crippen LogP contribution in [0.1, 0.15) is 22.4 Å². The molecule has 0 saturated carbocycles. The summed E-state index contributed by atoms with van der Waals surface area (Å²) in [5, 5.41) is 3.06. The van der Waals surface area contributed by atoms with Crippen molar-refractivity contribution in [2.24, 2.45) is 0 Å². The molecule has 2 aromatic rings. The molecule has 0 bridgehead atoms. The number of carbonyl (C=O) groups is 1. The van der Waals surface area contributed by atoms with Crippen molar-refractivity contribution in [3.63, 3.8) is 0 Å². The molecular weight excluding hydrogens is 326 g/mol. The maximum absolute atomic E-state index is 12.4. The molecule has 8 heteroatoms. The van der Waals surface area contributed by atoms with Gasteiger partial charge in [-0.3, -0.25) is 4.79 Å². The SMILES string of the molecule is Cc1nc(COC[C@H]2CN(C(=O)CN(C)C)Cc3cncn32)cs1. The third-order valence-electron chi connectivity index (χ3n) is 3.95. The Kier molecular flexibility index (Phi) is 5.27. The van der Waals surface area contributed by atoms with Crippen molar-refractivity contribution in [3.8, 4) is 0 Å².